The molecule has 0 aliphatic carbocycles. The van der Waals surface area contributed by atoms with Crippen molar-refractivity contribution in [3.8, 4) is 11.9 Å². The quantitative estimate of drug-likeness (QED) is 0.838. The summed E-state index contributed by atoms with van der Waals surface area (Å²) in [6.45, 7) is 3.71. The number of hydrogen-bond acceptors (Lipinski definition) is 5. The average molecular weight is 328 g/mol. The summed E-state index contributed by atoms with van der Waals surface area (Å²) in [4.78, 5) is 12.5. The molecule has 0 saturated carbocycles. The molecule has 1 aromatic carbocycles. The Kier molecular flexibility index (Phi) is 5.42. The Morgan fingerprint density at radius 1 is 1.33 bits per heavy atom. The van der Waals surface area contributed by atoms with Gasteiger partial charge >= 0.3 is 0 Å². The number of azo groups is 1. The predicted molar refractivity (Wildman–Crippen MR) is 87.3 cm³/mol. The van der Waals surface area contributed by atoms with Crippen LogP contribution in [0.5, 0.6) is 5.88 Å². The van der Waals surface area contributed by atoms with Crippen molar-refractivity contribution in [1.82, 2.24) is 4.57 Å². The van der Waals surface area contributed by atoms with Crippen LogP contribution >= 0.6 is 0 Å². The third kappa shape index (κ3) is 3.33. The normalized spacial score (nSPS) is 10.9. The number of benzene rings is 1. The minimum Gasteiger partial charge on any atom is -0.493 e. The summed E-state index contributed by atoms with van der Waals surface area (Å²) in [6.07, 6.45) is 1.47. The van der Waals surface area contributed by atoms with Crippen LogP contribution < -0.4 is 5.56 Å². The van der Waals surface area contributed by atoms with E-state index in [-0.39, 0.29) is 34.9 Å². The van der Waals surface area contributed by atoms with Gasteiger partial charge < -0.3 is 5.11 Å². The molecule has 0 fully saturated rings. The summed E-state index contributed by atoms with van der Waals surface area (Å²) in [7, 11) is 0. The van der Waals surface area contributed by atoms with Crippen LogP contribution in [0.4, 0.5) is 15.8 Å². The Hall–Kier alpha value is -3.01. The van der Waals surface area contributed by atoms with Crippen LogP contribution in [-0.4, -0.2) is 9.67 Å². The molecule has 0 unspecified atom stereocenters. The summed E-state index contributed by atoms with van der Waals surface area (Å²) in [5.41, 5.74) is -0.467. The number of nitrogens with zero attached hydrogens (tertiary/aromatic N) is 4. The summed E-state index contributed by atoms with van der Waals surface area (Å²) in [5.74, 6) is -0.942. The second-order valence-electron chi connectivity index (χ2n) is 5.25. The number of nitriles is 1. The first-order valence-electron chi connectivity index (χ1n) is 7.54. The van der Waals surface area contributed by atoms with E-state index in [1.165, 1.54) is 25.1 Å². The summed E-state index contributed by atoms with van der Waals surface area (Å²) < 4.78 is 14.7. The molecule has 0 spiro atoms. The van der Waals surface area contributed by atoms with Gasteiger partial charge in [0.15, 0.2) is 11.5 Å². The fourth-order valence-corrected chi connectivity index (χ4v) is 2.22. The van der Waals surface area contributed by atoms with E-state index in [9.17, 15) is 19.6 Å². The number of pyridine rings is 1. The third-order valence-electron chi connectivity index (χ3n) is 3.61. The lowest BCUT2D eigenvalue weighted by Crippen LogP contribution is -2.22. The van der Waals surface area contributed by atoms with Crippen molar-refractivity contribution in [1.29, 1.82) is 5.26 Å². The molecule has 0 radical (unpaired) electrons. The number of halogens is 1. The van der Waals surface area contributed by atoms with Gasteiger partial charge in [-0.1, -0.05) is 25.5 Å². The van der Waals surface area contributed by atoms with E-state index in [4.69, 9.17) is 0 Å². The standard InChI is InChI=1S/C17H17FN4O2/c1-3-4-9-22-16(23)12(10-19)11(2)15(17(22)24)21-20-14-8-6-5-7-13(14)18/h5-8,23H,3-4,9H2,1-2H3. The molecule has 0 atom stereocenters. The van der Waals surface area contributed by atoms with Gasteiger partial charge in [0.05, 0.1) is 0 Å². The number of rotatable bonds is 5. The van der Waals surface area contributed by atoms with E-state index in [0.717, 1.165) is 11.0 Å². The van der Waals surface area contributed by atoms with Crippen LogP contribution in [0.25, 0.3) is 0 Å². The Morgan fingerprint density at radius 3 is 2.67 bits per heavy atom. The fraction of sp³-hybridized carbons (Fsp3) is 0.294. The number of hydrogen-bond donors (Lipinski definition) is 1. The second kappa shape index (κ2) is 7.51. The van der Waals surface area contributed by atoms with Gasteiger partial charge in [-0.2, -0.15) is 5.26 Å². The van der Waals surface area contributed by atoms with Crippen molar-refractivity contribution < 1.29 is 9.50 Å². The Labute approximate surface area is 138 Å². The zero-order chi connectivity index (χ0) is 17.7. The molecule has 1 N–H and O–H groups in total. The average Bonchev–Trinajstić information content (AvgIpc) is 2.56. The van der Waals surface area contributed by atoms with Crippen molar-refractivity contribution in [2.75, 3.05) is 0 Å². The lowest BCUT2D eigenvalue weighted by Gasteiger charge is -2.12. The van der Waals surface area contributed by atoms with Crippen molar-refractivity contribution >= 4 is 11.4 Å². The molecule has 24 heavy (non-hydrogen) atoms. The van der Waals surface area contributed by atoms with Gasteiger partial charge in [0.2, 0.25) is 5.88 Å². The lowest BCUT2D eigenvalue weighted by molar-refractivity contribution is 0.399. The Morgan fingerprint density at radius 2 is 2.04 bits per heavy atom. The summed E-state index contributed by atoms with van der Waals surface area (Å²) in [6, 6.07) is 7.65. The van der Waals surface area contributed by atoms with E-state index >= 15 is 0 Å². The van der Waals surface area contributed by atoms with Crippen LogP contribution in [0.1, 0.15) is 30.9 Å². The van der Waals surface area contributed by atoms with Gasteiger partial charge in [0.25, 0.3) is 5.56 Å². The van der Waals surface area contributed by atoms with Gasteiger partial charge in [-0.3, -0.25) is 9.36 Å². The number of aromatic hydroxyl groups is 1. The van der Waals surface area contributed by atoms with Crippen LogP contribution in [0.2, 0.25) is 0 Å². The van der Waals surface area contributed by atoms with Gasteiger partial charge in [-0.05, 0) is 25.5 Å². The first-order valence-corrected chi connectivity index (χ1v) is 7.54. The number of unbranched alkanes of at least 4 members (excludes halogenated alkanes) is 1. The van der Waals surface area contributed by atoms with E-state index in [1.54, 1.807) is 6.07 Å². The first-order chi connectivity index (χ1) is 11.5. The van der Waals surface area contributed by atoms with Gasteiger partial charge in [-0.15, -0.1) is 10.2 Å². The molecule has 0 saturated heterocycles. The monoisotopic (exact) mass is 328 g/mol. The van der Waals surface area contributed by atoms with E-state index in [2.05, 4.69) is 10.2 Å². The smallest absolute Gasteiger partial charge is 0.281 e. The van der Waals surface area contributed by atoms with Gasteiger partial charge in [0.1, 0.15) is 17.3 Å². The van der Waals surface area contributed by atoms with Crippen molar-refractivity contribution in [3.05, 3.63) is 51.6 Å². The first kappa shape index (κ1) is 17.3. The minimum atomic E-state index is -0.565. The zero-order valence-corrected chi connectivity index (χ0v) is 13.5. The maximum absolute atomic E-state index is 13.6. The van der Waals surface area contributed by atoms with Crippen LogP contribution in [0.3, 0.4) is 0 Å². The molecule has 7 heteroatoms. The highest BCUT2D eigenvalue weighted by molar-refractivity contribution is 5.56. The summed E-state index contributed by atoms with van der Waals surface area (Å²) in [5, 5.41) is 27.0. The van der Waals surface area contributed by atoms with Crippen LogP contribution in [0.15, 0.2) is 39.3 Å². The molecule has 0 aliphatic heterocycles. The van der Waals surface area contributed by atoms with Crippen molar-refractivity contribution in [2.24, 2.45) is 10.2 Å². The van der Waals surface area contributed by atoms with E-state index in [1.807, 2.05) is 13.0 Å². The molecule has 2 aromatic rings. The Balaban J connectivity index is 2.59. The SMILES string of the molecule is CCCCn1c(O)c(C#N)c(C)c(N=Nc2ccccc2F)c1=O. The predicted octanol–water partition coefficient (Wildman–Crippen LogP) is 4.09. The summed E-state index contributed by atoms with van der Waals surface area (Å²) >= 11 is 0. The highest BCUT2D eigenvalue weighted by Gasteiger charge is 2.18. The number of aromatic nitrogens is 1. The lowest BCUT2D eigenvalue weighted by atomic mass is 10.1. The Bertz CT molecular complexity index is 881. The van der Waals surface area contributed by atoms with E-state index in [0.29, 0.717) is 6.42 Å². The van der Waals surface area contributed by atoms with E-state index < -0.39 is 11.4 Å². The highest BCUT2D eigenvalue weighted by atomic mass is 19.1. The molecule has 1 aromatic heterocycles. The van der Waals surface area contributed by atoms with Crippen molar-refractivity contribution in [2.45, 2.75) is 33.2 Å². The molecule has 2 rings (SSSR count). The third-order valence-corrected chi connectivity index (χ3v) is 3.61. The maximum atomic E-state index is 13.6. The fourth-order valence-electron chi connectivity index (χ4n) is 2.22. The minimum absolute atomic E-state index is 0.0111. The molecule has 6 nitrogen and oxygen atoms in total. The molecule has 0 bridgehead atoms. The second-order valence-corrected chi connectivity index (χ2v) is 5.25. The van der Waals surface area contributed by atoms with Gasteiger partial charge in [-0.25, -0.2) is 4.39 Å². The maximum Gasteiger partial charge on any atom is 0.281 e. The van der Waals surface area contributed by atoms with Crippen molar-refractivity contribution in [3.63, 3.8) is 0 Å². The highest BCUT2D eigenvalue weighted by Crippen LogP contribution is 2.27. The zero-order valence-electron chi connectivity index (χ0n) is 13.5. The molecule has 0 amide bonds. The molecule has 0 aliphatic rings. The largest absolute Gasteiger partial charge is 0.493 e. The van der Waals surface area contributed by atoms with Crippen LogP contribution in [-0.2, 0) is 6.54 Å². The van der Waals surface area contributed by atoms with Crippen LogP contribution in [0, 0.1) is 24.1 Å². The molecular formula is C17H17FN4O2. The van der Waals surface area contributed by atoms with Gasteiger partial charge in [0, 0.05) is 12.1 Å². The molecular weight excluding hydrogens is 311 g/mol. The molecule has 124 valence electrons. The molecule has 1 heterocycles. The topological polar surface area (TPSA) is 90.7 Å².